The van der Waals surface area contributed by atoms with Gasteiger partial charge in [0.25, 0.3) is 0 Å². The Labute approximate surface area is 69.5 Å². The lowest BCUT2D eigenvalue weighted by Gasteiger charge is -2.13. The van der Waals surface area contributed by atoms with Crippen molar-refractivity contribution < 1.29 is 9.18 Å². The summed E-state index contributed by atoms with van der Waals surface area (Å²) in [5, 5.41) is 0.0610. The van der Waals surface area contributed by atoms with E-state index in [4.69, 9.17) is 11.6 Å². The van der Waals surface area contributed by atoms with Crippen molar-refractivity contribution >= 4 is 17.9 Å². The second-order valence-electron chi connectivity index (χ2n) is 2.65. The minimum Gasteiger partial charge on any atom is -0.298 e. The van der Waals surface area contributed by atoms with Gasteiger partial charge in [0, 0.05) is 5.57 Å². The molecule has 1 unspecified atom stereocenters. The predicted octanol–water partition coefficient (Wildman–Crippen LogP) is 2.57. The predicted molar refractivity (Wildman–Crippen MR) is 41.9 cm³/mol. The number of allylic oxidation sites excluding steroid dienone is 4. The Balaban J connectivity index is 2.99. The smallest absolute Gasteiger partial charge is 0.149 e. The lowest BCUT2D eigenvalue weighted by Crippen LogP contribution is -2.03. The average molecular weight is 175 g/mol. The summed E-state index contributed by atoms with van der Waals surface area (Å²) in [6.45, 7) is 1.89. The summed E-state index contributed by atoms with van der Waals surface area (Å²) in [5.41, 5.74) is 0.171. The highest BCUT2D eigenvalue weighted by Gasteiger charge is 2.17. The van der Waals surface area contributed by atoms with Gasteiger partial charge in [-0.05, 0) is 12.3 Å². The highest BCUT2D eigenvalue weighted by Crippen LogP contribution is 2.30. The van der Waals surface area contributed by atoms with Gasteiger partial charge >= 0.3 is 0 Å². The zero-order valence-corrected chi connectivity index (χ0v) is 6.86. The molecule has 1 atom stereocenters. The Morgan fingerprint density at radius 3 is 3.00 bits per heavy atom. The minimum absolute atomic E-state index is 0.0610. The molecular weight excluding hydrogens is 167 g/mol. The van der Waals surface area contributed by atoms with Crippen LogP contribution in [0.4, 0.5) is 4.39 Å². The monoisotopic (exact) mass is 174 g/mol. The summed E-state index contributed by atoms with van der Waals surface area (Å²) in [6, 6.07) is 0. The molecule has 0 fully saturated rings. The highest BCUT2D eigenvalue weighted by molar-refractivity contribution is 6.32. The van der Waals surface area contributed by atoms with Gasteiger partial charge in [-0.25, -0.2) is 4.39 Å². The van der Waals surface area contributed by atoms with E-state index in [-0.39, 0.29) is 16.5 Å². The van der Waals surface area contributed by atoms with Gasteiger partial charge in [0.1, 0.15) is 12.1 Å². The van der Waals surface area contributed by atoms with Gasteiger partial charge in [0.15, 0.2) is 0 Å². The molecule has 0 amide bonds. The molecule has 1 nitrogen and oxygen atoms in total. The van der Waals surface area contributed by atoms with Crippen LogP contribution in [0, 0.1) is 5.92 Å². The zero-order chi connectivity index (χ0) is 8.43. The van der Waals surface area contributed by atoms with E-state index < -0.39 is 5.83 Å². The van der Waals surface area contributed by atoms with E-state index in [1.54, 1.807) is 6.08 Å². The van der Waals surface area contributed by atoms with Crippen LogP contribution in [0.2, 0.25) is 0 Å². The van der Waals surface area contributed by atoms with E-state index in [1.165, 1.54) is 0 Å². The van der Waals surface area contributed by atoms with Crippen molar-refractivity contribution in [3.63, 3.8) is 0 Å². The average Bonchev–Trinajstić information content (AvgIpc) is 1.96. The van der Waals surface area contributed by atoms with Crippen molar-refractivity contribution in [2.24, 2.45) is 5.92 Å². The van der Waals surface area contributed by atoms with Crippen molar-refractivity contribution in [2.75, 3.05) is 0 Å². The molecule has 0 N–H and O–H groups in total. The van der Waals surface area contributed by atoms with Gasteiger partial charge in [-0.15, -0.1) is 0 Å². The molecule has 0 aromatic rings. The topological polar surface area (TPSA) is 17.1 Å². The maximum Gasteiger partial charge on any atom is 0.149 e. The number of carbonyl (C=O) groups is 1. The van der Waals surface area contributed by atoms with Crippen molar-refractivity contribution in [3.8, 4) is 0 Å². The lowest BCUT2D eigenvalue weighted by atomic mass is 9.96. The summed E-state index contributed by atoms with van der Waals surface area (Å²) < 4.78 is 12.9. The standard InChI is InChI=1S/C8H8ClFO/c1-5-2-6(4-11)8(10)7(9)3-5/h3-5H,2H2,1H3. The van der Waals surface area contributed by atoms with Crippen LogP contribution in [0.15, 0.2) is 22.5 Å². The van der Waals surface area contributed by atoms with Gasteiger partial charge < -0.3 is 0 Å². The largest absolute Gasteiger partial charge is 0.298 e. The minimum atomic E-state index is -0.570. The molecule has 0 aromatic carbocycles. The first kappa shape index (κ1) is 8.47. The van der Waals surface area contributed by atoms with Crippen molar-refractivity contribution in [3.05, 3.63) is 22.5 Å². The summed E-state index contributed by atoms with van der Waals surface area (Å²) in [6.07, 6.45) is 2.59. The van der Waals surface area contributed by atoms with Crippen LogP contribution in [0.3, 0.4) is 0 Å². The third-order valence-corrected chi connectivity index (χ3v) is 1.90. The summed E-state index contributed by atoms with van der Waals surface area (Å²) in [7, 11) is 0. The summed E-state index contributed by atoms with van der Waals surface area (Å²) in [5.74, 6) is -0.415. The fourth-order valence-corrected chi connectivity index (χ4v) is 1.41. The maximum absolute atomic E-state index is 12.9. The molecule has 1 rings (SSSR count). The highest BCUT2D eigenvalue weighted by atomic mass is 35.5. The van der Waals surface area contributed by atoms with Gasteiger partial charge in [-0.3, -0.25) is 4.79 Å². The third kappa shape index (κ3) is 1.69. The van der Waals surface area contributed by atoms with Gasteiger partial charge in [-0.1, -0.05) is 24.6 Å². The van der Waals surface area contributed by atoms with Crippen LogP contribution in [-0.2, 0) is 4.79 Å². The second kappa shape index (κ2) is 3.18. The van der Waals surface area contributed by atoms with E-state index in [9.17, 15) is 9.18 Å². The Kier molecular flexibility index (Phi) is 2.45. The van der Waals surface area contributed by atoms with Crippen LogP contribution in [0.25, 0.3) is 0 Å². The molecule has 0 aromatic heterocycles. The van der Waals surface area contributed by atoms with Crippen LogP contribution >= 0.6 is 11.6 Å². The van der Waals surface area contributed by atoms with Crippen LogP contribution in [0.1, 0.15) is 13.3 Å². The van der Waals surface area contributed by atoms with E-state index in [0.717, 1.165) is 0 Å². The van der Waals surface area contributed by atoms with Crippen LogP contribution < -0.4 is 0 Å². The fraction of sp³-hybridized carbons (Fsp3) is 0.375. The molecule has 0 aliphatic heterocycles. The molecule has 0 saturated carbocycles. The number of hydrogen-bond donors (Lipinski definition) is 0. The fourth-order valence-electron chi connectivity index (χ4n) is 1.07. The second-order valence-corrected chi connectivity index (χ2v) is 3.06. The lowest BCUT2D eigenvalue weighted by molar-refractivity contribution is -0.105. The molecule has 60 valence electrons. The first-order chi connectivity index (χ1) is 5.15. The van der Waals surface area contributed by atoms with Crippen molar-refractivity contribution in [1.82, 2.24) is 0 Å². The molecule has 0 heterocycles. The van der Waals surface area contributed by atoms with E-state index in [0.29, 0.717) is 12.7 Å². The summed E-state index contributed by atoms with van der Waals surface area (Å²) >= 11 is 5.50. The number of rotatable bonds is 1. The Morgan fingerprint density at radius 2 is 2.45 bits per heavy atom. The molecule has 1 aliphatic rings. The number of halogens is 2. The third-order valence-electron chi connectivity index (χ3n) is 1.61. The van der Waals surface area contributed by atoms with Gasteiger partial charge in [0.05, 0.1) is 5.03 Å². The zero-order valence-electron chi connectivity index (χ0n) is 6.10. The number of carbonyl (C=O) groups excluding carboxylic acids is 1. The SMILES string of the molecule is CC1C=C(Cl)C(F)=C(C=O)C1. The molecule has 11 heavy (non-hydrogen) atoms. The van der Waals surface area contributed by atoms with E-state index >= 15 is 0 Å². The molecule has 3 heteroatoms. The Morgan fingerprint density at radius 1 is 1.82 bits per heavy atom. The quantitative estimate of drug-likeness (QED) is 0.559. The molecular formula is C8H8ClFO. The van der Waals surface area contributed by atoms with Crippen molar-refractivity contribution in [1.29, 1.82) is 0 Å². The molecule has 1 aliphatic carbocycles. The normalized spacial score (nSPS) is 25.0. The molecule has 0 saturated heterocycles. The van der Waals surface area contributed by atoms with E-state index in [1.807, 2.05) is 6.92 Å². The summed E-state index contributed by atoms with van der Waals surface area (Å²) in [4.78, 5) is 10.3. The first-order valence-electron chi connectivity index (χ1n) is 3.36. The van der Waals surface area contributed by atoms with Crippen molar-refractivity contribution in [2.45, 2.75) is 13.3 Å². The molecule has 0 spiro atoms. The maximum atomic E-state index is 12.9. The van der Waals surface area contributed by atoms with Crippen LogP contribution in [0.5, 0.6) is 0 Å². The Hall–Kier alpha value is -0.630. The van der Waals surface area contributed by atoms with Gasteiger partial charge in [-0.2, -0.15) is 0 Å². The van der Waals surface area contributed by atoms with E-state index in [2.05, 4.69) is 0 Å². The van der Waals surface area contributed by atoms with Crippen LogP contribution in [-0.4, -0.2) is 6.29 Å². The molecule has 0 bridgehead atoms. The molecule has 0 radical (unpaired) electrons. The van der Waals surface area contributed by atoms with Gasteiger partial charge in [0.2, 0.25) is 0 Å². The number of hydrogen-bond acceptors (Lipinski definition) is 1. The number of aldehydes is 1. The Bertz CT molecular complexity index is 242. The first-order valence-corrected chi connectivity index (χ1v) is 3.74.